The molecule has 0 heterocycles. The topological polar surface area (TPSA) is 18.5 Å². The first-order valence-corrected chi connectivity index (χ1v) is 7.50. The Balaban J connectivity index is 1.77. The fraction of sp³-hybridized carbons (Fsp3) is 0.158. The van der Waals surface area contributed by atoms with E-state index in [1.807, 2.05) is 31.2 Å². The normalized spacial score (nSPS) is 10.8. The summed E-state index contributed by atoms with van der Waals surface area (Å²) in [5.41, 5.74) is 0.926. The van der Waals surface area contributed by atoms with Crippen molar-refractivity contribution < 1.29 is 22.6 Å². The highest BCUT2D eigenvalue weighted by Crippen LogP contribution is 2.27. The van der Waals surface area contributed by atoms with E-state index in [1.54, 1.807) is 0 Å². The van der Waals surface area contributed by atoms with Crippen LogP contribution in [0.1, 0.15) is 12.5 Å². The lowest BCUT2D eigenvalue weighted by Crippen LogP contribution is -1.97. The zero-order valence-corrected chi connectivity index (χ0v) is 13.0. The highest BCUT2D eigenvalue weighted by Gasteiger charge is 2.13. The SMILES string of the molecule is CCOc1ccc(COc2ccc3c(F)c(F)c(F)cc3c2)cc1. The van der Waals surface area contributed by atoms with E-state index in [9.17, 15) is 13.2 Å². The van der Waals surface area contributed by atoms with Gasteiger partial charge in [-0.05, 0) is 54.3 Å². The van der Waals surface area contributed by atoms with Crippen molar-refractivity contribution in [1.82, 2.24) is 0 Å². The number of ether oxygens (including phenoxy) is 2. The van der Waals surface area contributed by atoms with E-state index >= 15 is 0 Å². The van der Waals surface area contributed by atoms with Crippen LogP contribution in [0.4, 0.5) is 13.2 Å². The molecule has 0 aliphatic heterocycles. The molecule has 0 atom stereocenters. The summed E-state index contributed by atoms with van der Waals surface area (Å²) in [6.07, 6.45) is 0. The molecule has 3 aromatic carbocycles. The van der Waals surface area contributed by atoms with Gasteiger partial charge in [-0.25, -0.2) is 13.2 Å². The van der Waals surface area contributed by atoms with Gasteiger partial charge in [0.2, 0.25) is 0 Å². The van der Waals surface area contributed by atoms with Crippen LogP contribution in [-0.4, -0.2) is 6.61 Å². The van der Waals surface area contributed by atoms with Crippen molar-refractivity contribution in [1.29, 1.82) is 0 Å². The van der Waals surface area contributed by atoms with Crippen LogP contribution in [0.2, 0.25) is 0 Å². The quantitative estimate of drug-likeness (QED) is 0.595. The van der Waals surface area contributed by atoms with E-state index in [2.05, 4.69) is 0 Å². The van der Waals surface area contributed by atoms with E-state index in [1.165, 1.54) is 18.2 Å². The van der Waals surface area contributed by atoms with Gasteiger partial charge in [-0.2, -0.15) is 0 Å². The summed E-state index contributed by atoms with van der Waals surface area (Å²) in [6, 6.07) is 12.8. The van der Waals surface area contributed by atoms with Crippen LogP contribution in [0.25, 0.3) is 10.8 Å². The Morgan fingerprint density at radius 2 is 1.50 bits per heavy atom. The minimum absolute atomic E-state index is 0.0160. The molecule has 0 radical (unpaired) electrons. The van der Waals surface area contributed by atoms with E-state index in [4.69, 9.17) is 9.47 Å². The molecular weight excluding hydrogens is 317 g/mol. The fourth-order valence-corrected chi connectivity index (χ4v) is 2.39. The van der Waals surface area contributed by atoms with Gasteiger partial charge in [0.05, 0.1) is 6.61 Å². The van der Waals surface area contributed by atoms with Crippen molar-refractivity contribution in [3.63, 3.8) is 0 Å². The van der Waals surface area contributed by atoms with Gasteiger partial charge in [0.25, 0.3) is 0 Å². The van der Waals surface area contributed by atoms with E-state index in [0.29, 0.717) is 19.0 Å². The summed E-state index contributed by atoms with van der Waals surface area (Å²) in [7, 11) is 0. The van der Waals surface area contributed by atoms with Crippen molar-refractivity contribution in [2.45, 2.75) is 13.5 Å². The molecule has 0 N–H and O–H groups in total. The molecule has 0 saturated carbocycles. The van der Waals surface area contributed by atoms with Crippen molar-refractivity contribution in [3.8, 4) is 11.5 Å². The summed E-state index contributed by atoms with van der Waals surface area (Å²) in [4.78, 5) is 0. The zero-order chi connectivity index (χ0) is 17.1. The molecular formula is C19H15F3O2. The average Bonchev–Trinajstić information content (AvgIpc) is 2.59. The second kappa shape index (κ2) is 6.83. The smallest absolute Gasteiger partial charge is 0.195 e. The summed E-state index contributed by atoms with van der Waals surface area (Å²) in [5.74, 6) is -2.65. The second-order valence-corrected chi connectivity index (χ2v) is 5.23. The minimum Gasteiger partial charge on any atom is -0.494 e. The van der Waals surface area contributed by atoms with Crippen molar-refractivity contribution >= 4 is 10.8 Å². The molecule has 0 saturated heterocycles. The lowest BCUT2D eigenvalue weighted by atomic mass is 10.1. The molecule has 3 rings (SSSR count). The predicted molar refractivity (Wildman–Crippen MR) is 85.8 cm³/mol. The maximum absolute atomic E-state index is 13.7. The summed E-state index contributed by atoms with van der Waals surface area (Å²) in [6.45, 7) is 2.80. The number of hydrogen-bond donors (Lipinski definition) is 0. The standard InChI is InChI=1S/C19H15F3O2/c1-2-23-14-5-3-12(4-6-14)11-24-15-7-8-16-13(9-15)10-17(20)19(22)18(16)21/h3-10H,2,11H2,1H3. The molecule has 0 fully saturated rings. The van der Waals surface area contributed by atoms with Gasteiger partial charge in [0.15, 0.2) is 17.5 Å². The van der Waals surface area contributed by atoms with Crippen LogP contribution in [-0.2, 0) is 6.61 Å². The Hall–Kier alpha value is -2.69. The molecule has 0 aliphatic carbocycles. The molecule has 0 aromatic heterocycles. The van der Waals surface area contributed by atoms with E-state index in [0.717, 1.165) is 17.4 Å². The number of rotatable bonds is 5. The van der Waals surface area contributed by atoms with Crippen LogP contribution in [0.15, 0.2) is 48.5 Å². The van der Waals surface area contributed by atoms with E-state index in [-0.39, 0.29) is 10.8 Å². The van der Waals surface area contributed by atoms with Crippen LogP contribution in [0.3, 0.4) is 0 Å². The summed E-state index contributed by atoms with van der Waals surface area (Å²) in [5, 5.41) is 0.262. The first-order valence-electron chi connectivity index (χ1n) is 7.50. The number of halogens is 3. The van der Waals surface area contributed by atoms with Crippen LogP contribution < -0.4 is 9.47 Å². The monoisotopic (exact) mass is 332 g/mol. The third-order valence-corrected chi connectivity index (χ3v) is 3.58. The van der Waals surface area contributed by atoms with E-state index < -0.39 is 17.5 Å². The number of hydrogen-bond acceptors (Lipinski definition) is 2. The Kier molecular flexibility index (Phi) is 4.60. The minimum atomic E-state index is -1.47. The third kappa shape index (κ3) is 3.30. The molecule has 0 aliphatic rings. The lowest BCUT2D eigenvalue weighted by Gasteiger charge is -2.09. The highest BCUT2D eigenvalue weighted by molar-refractivity contribution is 5.84. The largest absolute Gasteiger partial charge is 0.494 e. The molecule has 5 heteroatoms. The zero-order valence-electron chi connectivity index (χ0n) is 13.0. The van der Waals surface area contributed by atoms with Crippen LogP contribution in [0, 0.1) is 17.5 Å². The highest BCUT2D eigenvalue weighted by atomic mass is 19.2. The molecule has 0 unspecified atom stereocenters. The first kappa shape index (κ1) is 16.2. The summed E-state index contributed by atoms with van der Waals surface area (Å²) < 4.78 is 51.2. The lowest BCUT2D eigenvalue weighted by molar-refractivity contribution is 0.306. The van der Waals surface area contributed by atoms with Gasteiger partial charge in [0.1, 0.15) is 18.1 Å². The molecule has 2 nitrogen and oxygen atoms in total. The van der Waals surface area contributed by atoms with Gasteiger partial charge < -0.3 is 9.47 Å². The molecule has 0 bridgehead atoms. The fourth-order valence-electron chi connectivity index (χ4n) is 2.39. The molecule has 124 valence electrons. The van der Waals surface area contributed by atoms with Gasteiger partial charge in [-0.3, -0.25) is 0 Å². The first-order chi connectivity index (χ1) is 11.6. The predicted octanol–water partition coefficient (Wildman–Crippen LogP) is 5.23. The van der Waals surface area contributed by atoms with Crippen molar-refractivity contribution in [3.05, 3.63) is 71.5 Å². The maximum Gasteiger partial charge on any atom is 0.195 e. The van der Waals surface area contributed by atoms with Crippen LogP contribution in [0.5, 0.6) is 11.5 Å². The Morgan fingerprint density at radius 3 is 2.21 bits per heavy atom. The number of fused-ring (bicyclic) bond motifs is 1. The van der Waals surface area contributed by atoms with Gasteiger partial charge in [0, 0.05) is 5.39 Å². The molecule has 24 heavy (non-hydrogen) atoms. The Bertz CT molecular complexity index is 861. The Morgan fingerprint density at radius 1 is 0.792 bits per heavy atom. The summed E-state index contributed by atoms with van der Waals surface area (Å²) >= 11 is 0. The average molecular weight is 332 g/mol. The van der Waals surface area contributed by atoms with Crippen LogP contribution >= 0.6 is 0 Å². The number of benzene rings is 3. The Labute approximate surface area is 137 Å². The van der Waals surface area contributed by atoms with Gasteiger partial charge in [-0.1, -0.05) is 12.1 Å². The molecule has 3 aromatic rings. The van der Waals surface area contributed by atoms with Gasteiger partial charge in [-0.15, -0.1) is 0 Å². The van der Waals surface area contributed by atoms with Gasteiger partial charge >= 0.3 is 0 Å². The van der Waals surface area contributed by atoms with Crippen molar-refractivity contribution in [2.24, 2.45) is 0 Å². The second-order valence-electron chi connectivity index (χ2n) is 5.23. The van der Waals surface area contributed by atoms with Crippen molar-refractivity contribution in [2.75, 3.05) is 6.61 Å². The molecule has 0 spiro atoms. The maximum atomic E-state index is 13.7. The third-order valence-electron chi connectivity index (χ3n) is 3.58. The molecule has 0 amide bonds.